The topological polar surface area (TPSA) is 57.6 Å². The third kappa shape index (κ3) is 2.47. The summed E-state index contributed by atoms with van der Waals surface area (Å²) in [7, 11) is 0. The molecule has 5 heteroatoms. The van der Waals surface area contributed by atoms with E-state index in [9.17, 15) is 14.7 Å². The van der Waals surface area contributed by atoms with E-state index in [1.165, 1.54) is 4.90 Å². The van der Waals surface area contributed by atoms with Crippen LogP contribution in [0.4, 0.5) is 5.69 Å². The van der Waals surface area contributed by atoms with Crippen molar-refractivity contribution in [3.05, 3.63) is 28.2 Å². The number of amides is 1. The van der Waals surface area contributed by atoms with Gasteiger partial charge in [0, 0.05) is 11.0 Å². The number of Topliss-reactive ketones (excluding diaryl/α,β-unsaturated/α-hetero) is 1. The Balaban J connectivity index is 2.29. The van der Waals surface area contributed by atoms with Crippen molar-refractivity contribution in [1.82, 2.24) is 0 Å². The van der Waals surface area contributed by atoms with E-state index in [4.69, 9.17) is 0 Å². The van der Waals surface area contributed by atoms with Crippen LogP contribution < -0.4 is 4.90 Å². The summed E-state index contributed by atoms with van der Waals surface area (Å²) >= 11 is 3.28. The average Bonchev–Trinajstić information content (AvgIpc) is 2.49. The van der Waals surface area contributed by atoms with Crippen molar-refractivity contribution in [3.8, 4) is 0 Å². The van der Waals surface area contributed by atoms with Crippen molar-refractivity contribution < 1.29 is 14.7 Å². The summed E-state index contributed by atoms with van der Waals surface area (Å²) in [5, 5.41) is 9.69. The summed E-state index contributed by atoms with van der Waals surface area (Å²) in [5.74, 6) is -1.01. The van der Waals surface area contributed by atoms with Crippen LogP contribution >= 0.6 is 15.9 Å². The molecule has 0 saturated heterocycles. The van der Waals surface area contributed by atoms with Gasteiger partial charge in [-0.15, -0.1) is 0 Å². The molecule has 0 aliphatic carbocycles. The maximum Gasteiger partial charge on any atom is 0.299 e. The van der Waals surface area contributed by atoms with Crippen molar-refractivity contribution in [1.29, 1.82) is 0 Å². The number of hydrogen-bond donors (Lipinski definition) is 1. The van der Waals surface area contributed by atoms with Gasteiger partial charge in [-0.2, -0.15) is 0 Å². The fourth-order valence-electron chi connectivity index (χ4n) is 1.88. The first-order chi connectivity index (χ1) is 8.29. The third-order valence-corrected chi connectivity index (χ3v) is 3.37. The van der Waals surface area contributed by atoms with E-state index in [1.54, 1.807) is 32.0 Å². The molecule has 0 saturated carbocycles. The van der Waals surface area contributed by atoms with Gasteiger partial charge in [0.15, 0.2) is 0 Å². The summed E-state index contributed by atoms with van der Waals surface area (Å²) in [6, 6.07) is 5.19. The molecule has 96 valence electrons. The van der Waals surface area contributed by atoms with E-state index in [0.29, 0.717) is 24.2 Å². The number of benzene rings is 1. The van der Waals surface area contributed by atoms with E-state index >= 15 is 0 Å². The van der Waals surface area contributed by atoms with Gasteiger partial charge in [0.1, 0.15) is 0 Å². The summed E-state index contributed by atoms with van der Waals surface area (Å²) in [6.45, 7) is 3.69. The molecular weight excluding hydrogens is 298 g/mol. The highest BCUT2D eigenvalue weighted by Gasteiger charge is 2.36. The molecule has 0 bridgehead atoms. The Bertz CT molecular complexity index is 519. The minimum Gasteiger partial charge on any atom is -0.390 e. The lowest BCUT2D eigenvalue weighted by molar-refractivity contribution is -0.114. The highest BCUT2D eigenvalue weighted by atomic mass is 79.9. The molecule has 0 radical (unpaired) electrons. The quantitative estimate of drug-likeness (QED) is 0.870. The second-order valence-electron chi connectivity index (χ2n) is 5.01. The van der Waals surface area contributed by atoms with Gasteiger partial charge in [-0.05, 0) is 38.5 Å². The Morgan fingerprint density at radius 3 is 2.61 bits per heavy atom. The molecule has 1 aromatic rings. The van der Waals surface area contributed by atoms with Crippen LogP contribution in [-0.2, 0) is 4.79 Å². The summed E-state index contributed by atoms with van der Waals surface area (Å²) in [5.41, 5.74) is 0.184. The van der Waals surface area contributed by atoms with Gasteiger partial charge in [0.05, 0.1) is 16.9 Å². The van der Waals surface area contributed by atoms with Gasteiger partial charge in [0.2, 0.25) is 0 Å². The minimum atomic E-state index is -0.860. The van der Waals surface area contributed by atoms with Crippen molar-refractivity contribution in [2.24, 2.45) is 0 Å². The van der Waals surface area contributed by atoms with Crippen LogP contribution in [0.2, 0.25) is 0 Å². The zero-order valence-corrected chi connectivity index (χ0v) is 11.8. The summed E-state index contributed by atoms with van der Waals surface area (Å²) in [6.07, 6.45) is 0.418. The summed E-state index contributed by atoms with van der Waals surface area (Å²) in [4.78, 5) is 25.1. The highest BCUT2D eigenvalue weighted by Crippen LogP contribution is 2.31. The molecule has 0 aromatic heterocycles. The van der Waals surface area contributed by atoms with Gasteiger partial charge in [-0.25, -0.2) is 0 Å². The van der Waals surface area contributed by atoms with Crippen LogP contribution in [0.5, 0.6) is 0 Å². The van der Waals surface area contributed by atoms with Crippen molar-refractivity contribution in [2.45, 2.75) is 25.9 Å². The number of halogens is 1. The SMILES string of the molecule is CC(C)(O)CCN1C(=O)C(=O)c2cc(Br)ccc21. The molecule has 0 unspecified atom stereocenters. The van der Waals surface area contributed by atoms with Crippen LogP contribution in [0.25, 0.3) is 0 Å². The van der Waals surface area contributed by atoms with Crippen LogP contribution in [0, 0.1) is 0 Å². The standard InChI is InChI=1S/C13H14BrNO3/c1-13(2,18)5-6-15-10-4-3-8(14)7-9(10)11(16)12(15)17/h3-4,7,18H,5-6H2,1-2H3. The van der Waals surface area contributed by atoms with Crippen molar-refractivity contribution >= 4 is 33.3 Å². The molecule has 18 heavy (non-hydrogen) atoms. The molecule has 1 heterocycles. The molecule has 0 atom stereocenters. The van der Waals surface area contributed by atoms with Crippen molar-refractivity contribution in [2.75, 3.05) is 11.4 Å². The minimum absolute atomic E-state index is 0.336. The van der Waals surface area contributed by atoms with E-state index < -0.39 is 17.3 Å². The molecule has 1 N–H and O–H groups in total. The number of ketones is 1. The van der Waals surface area contributed by atoms with Crippen LogP contribution in [0.1, 0.15) is 30.6 Å². The van der Waals surface area contributed by atoms with Gasteiger partial charge >= 0.3 is 0 Å². The average molecular weight is 312 g/mol. The number of carbonyl (C=O) groups excluding carboxylic acids is 2. The van der Waals surface area contributed by atoms with E-state index in [-0.39, 0.29) is 0 Å². The molecule has 1 aliphatic heterocycles. The molecule has 4 nitrogen and oxygen atoms in total. The highest BCUT2D eigenvalue weighted by molar-refractivity contribution is 9.10. The number of rotatable bonds is 3. The number of aliphatic hydroxyl groups is 1. The van der Waals surface area contributed by atoms with Crippen LogP contribution in [-0.4, -0.2) is 28.9 Å². The van der Waals surface area contributed by atoms with E-state index in [2.05, 4.69) is 15.9 Å². The Hall–Kier alpha value is -1.20. The Morgan fingerprint density at radius 2 is 2.00 bits per heavy atom. The van der Waals surface area contributed by atoms with E-state index in [1.807, 2.05) is 0 Å². The lowest BCUT2D eigenvalue weighted by Crippen LogP contribution is -2.34. The number of nitrogens with zero attached hydrogens (tertiary/aromatic N) is 1. The molecule has 1 amide bonds. The molecule has 0 spiro atoms. The fourth-order valence-corrected chi connectivity index (χ4v) is 2.24. The van der Waals surface area contributed by atoms with Crippen LogP contribution in [0.3, 0.4) is 0 Å². The number of fused-ring (bicyclic) bond motifs is 1. The Kier molecular flexibility index (Phi) is 3.29. The normalized spacial score (nSPS) is 15.2. The smallest absolute Gasteiger partial charge is 0.299 e. The maximum atomic E-state index is 11.9. The zero-order chi connectivity index (χ0) is 13.5. The van der Waals surface area contributed by atoms with Gasteiger partial charge in [-0.3, -0.25) is 9.59 Å². The number of anilines is 1. The molecule has 0 fully saturated rings. The van der Waals surface area contributed by atoms with Crippen LogP contribution in [0.15, 0.2) is 22.7 Å². The summed E-state index contributed by atoms with van der Waals surface area (Å²) < 4.78 is 0.770. The number of hydrogen-bond acceptors (Lipinski definition) is 3. The largest absolute Gasteiger partial charge is 0.390 e. The molecular formula is C13H14BrNO3. The second kappa shape index (κ2) is 4.48. The Labute approximate surface area is 114 Å². The predicted octanol–water partition coefficient (Wildman–Crippen LogP) is 2.14. The third-order valence-electron chi connectivity index (χ3n) is 2.88. The first-order valence-electron chi connectivity index (χ1n) is 5.68. The van der Waals surface area contributed by atoms with E-state index in [0.717, 1.165) is 4.47 Å². The van der Waals surface area contributed by atoms with Gasteiger partial charge in [0.25, 0.3) is 11.7 Å². The maximum absolute atomic E-state index is 11.9. The fraction of sp³-hybridized carbons (Fsp3) is 0.385. The van der Waals surface area contributed by atoms with Gasteiger partial charge < -0.3 is 10.0 Å². The predicted molar refractivity (Wildman–Crippen MR) is 71.7 cm³/mol. The lowest BCUT2D eigenvalue weighted by atomic mass is 10.1. The molecule has 1 aliphatic rings. The van der Waals surface area contributed by atoms with Crippen molar-refractivity contribution in [3.63, 3.8) is 0 Å². The molecule has 1 aromatic carbocycles. The van der Waals surface area contributed by atoms with Gasteiger partial charge in [-0.1, -0.05) is 15.9 Å². The second-order valence-corrected chi connectivity index (χ2v) is 5.93. The molecule has 2 rings (SSSR count). The lowest BCUT2D eigenvalue weighted by Gasteiger charge is -2.22. The monoisotopic (exact) mass is 311 g/mol. The Morgan fingerprint density at radius 1 is 1.33 bits per heavy atom. The zero-order valence-electron chi connectivity index (χ0n) is 10.2. The first kappa shape index (κ1) is 13.2. The number of carbonyl (C=O) groups is 2. The first-order valence-corrected chi connectivity index (χ1v) is 6.47.